The second-order valence-electron chi connectivity index (χ2n) is 7.19. The van der Waals surface area contributed by atoms with Crippen LogP contribution in [-0.4, -0.2) is 57.3 Å². The van der Waals surface area contributed by atoms with Crippen LogP contribution in [0.15, 0.2) is 11.3 Å². The number of nitrogens with zero attached hydrogens (tertiary/aromatic N) is 1. The summed E-state index contributed by atoms with van der Waals surface area (Å²) in [7, 11) is 4.00. The minimum Gasteiger partial charge on any atom is -0.402 e. The minimum atomic E-state index is 0.169. The van der Waals surface area contributed by atoms with Crippen molar-refractivity contribution < 1.29 is 4.79 Å². The van der Waals surface area contributed by atoms with Crippen LogP contribution in [0.1, 0.15) is 32.1 Å². The van der Waals surface area contributed by atoms with Crippen LogP contribution in [0, 0.1) is 16.7 Å². The number of allylic oxidation sites excluding steroid dienone is 1. The van der Waals surface area contributed by atoms with Gasteiger partial charge in [-0.3, -0.25) is 4.79 Å². The number of carbonyl (C=O) groups excluding carboxylic acids is 1. The lowest BCUT2D eigenvalue weighted by Gasteiger charge is -2.36. The summed E-state index contributed by atoms with van der Waals surface area (Å²) in [6.07, 6.45) is 6.25. The predicted octanol–water partition coefficient (Wildman–Crippen LogP) is 0.696. The largest absolute Gasteiger partial charge is 0.402 e. The average Bonchev–Trinajstić information content (AvgIpc) is 2.91. The molecular formula is C17H31N5O. The molecule has 1 saturated carbocycles. The van der Waals surface area contributed by atoms with E-state index in [1.165, 1.54) is 6.21 Å². The maximum atomic E-state index is 11.5. The summed E-state index contributed by atoms with van der Waals surface area (Å²) in [6.45, 7) is 3.41. The van der Waals surface area contributed by atoms with Crippen molar-refractivity contribution in [1.29, 1.82) is 5.41 Å². The van der Waals surface area contributed by atoms with E-state index in [1.54, 1.807) is 0 Å². The van der Waals surface area contributed by atoms with Gasteiger partial charge in [0.15, 0.2) is 0 Å². The third-order valence-corrected chi connectivity index (χ3v) is 5.41. The van der Waals surface area contributed by atoms with E-state index in [4.69, 9.17) is 11.1 Å². The van der Waals surface area contributed by atoms with Gasteiger partial charge in [0.2, 0.25) is 5.91 Å². The first-order valence-corrected chi connectivity index (χ1v) is 8.58. The molecule has 0 atom stereocenters. The number of likely N-dealkylation sites (N-methyl/N-ethyl adjacent to an activating group) is 2. The molecule has 2 rings (SSSR count). The number of carbonyl (C=O) groups is 1. The van der Waals surface area contributed by atoms with E-state index in [0.29, 0.717) is 12.3 Å². The second-order valence-corrected chi connectivity index (χ2v) is 7.19. The van der Waals surface area contributed by atoms with E-state index < -0.39 is 0 Å². The Morgan fingerprint density at radius 1 is 1.52 bits per heavy atom. The molecule has 0 unspecified atom stereocenters. The topological polar surface area (TPSA) is 94.2 Å². The Morgan fingerprint density at radius 3 is 2.74 bits per heavy atom. The fraction of sp³-hybridized carbons (Fsp3) is 0.765. The van der Waals surface area contributed by atoms with Crippen LogP contribution in [0.3, 0.4) is 0 Å². The molecule has 1 aliphatic carbocycles. The first kappa shape index (κ1) is 17.9. The molecule has 0 radical (unpaired) electrons. The lowest BCUT2D eigenvalue weighted by Crippen LogP contribution is -2.33. The van der Waals surface area contributed by atoms with Gasteiger partial charge in [-0.25, -0.2) is 0 Å². The van der Waals surface area contributed by atoms with Crippen molar-refractivity contribution in [1.82, 2.24) is 15.5 Å². The summed E-state index contributed by atoms with van der Waals surface area (Å²) in [5, 5.41) is 13.8. The molecule has 6 nitrogen and oxygen atoms in total. The number of hydrogen-bond donors (Lipinski definition) is 4. The molecule has 6 heteroatoms. The van der Waals surface area contributed by atoms with Gasteiger partial charge in [0.25, 0.3) is 0 Å². The van der Waals surface area contributed by atoms with Gasteiger partial charge in [0, 0.05) is 50.1 Å². The molecule has 5 N–H and O–H groups in total. The highest BCUT2D eigenvalue weighted by atomic mass is 16.1. The Hall–Kier alpha value is -1.40. The summed E-state index contributed by atoms with van der Waals surface area (Å²) in [5.41, 5.74) is 8.38. The number of amides is 1. The van der Waals surface area contributed by atoms with Gasteiger partial charge in [-0.05, 0) is 51.1 Å². The van der Waals surface area contributed by atoms with Crippen molar-refractivity contribution in [3.8, 4) is 0 Å². The SMILES string of the molecule is CNCCN(C)CC(C=N)=C(N)C1CCC2(CC1)CNC(=O)C2. The van der Waals surface area contributed by atoms with Crippen LogP contribution in [-0.2, 0) is 4.79 Å². The smallest absolute Gasteiger partial charge is 0.220 e. The first-order valence-electron chi connectivity index (χ1n) is 8.58. The molecule has 0 bridgehead atoms. The van der Waals surface area contributed by atoms with Crippen LogP contribution in [0.25, 0.3) is 0 Å². The Labute approximate surface area is 139 Å². The third-order valence-electron chi connectivity index (χ3n) is 5.41. The van der Waals surface area contributed by atoms with E-state index >= 15 is 0 Å². The van der Waals surface area contributed by atoms with Crippen LogP contribution in [0.2, 0.25) is 0 Å². The Kier molecular flexibility index (Phi) is 6.18. The maximum absolute atomic E-state index is 11.5. The molecule has 2 aliphatic rings. The Bertz CT molecular complexity index is 466. The summed E-state index contributed by atoms with van der Waals surface area (Å²) >= 11 is 0. The number of rotatable bonds is 7. The Morgan fingerprint density at radius 2 is 2.22 bits per heavy atom. The van der Waals surface area contributed by atoms with E-state index in [-0.39, 0.29) is 11.3 Å². The van der Waals surface area contributed by atoms with Crippen LogP contribution in [0.4, 0.5) is 0 Å². The molecule has 1 amide bonds. The molecule has 0 aromatic heterocycles. The van der Waals surface area contributed by atoms with Crippen LogP contribution >= 0.6 is 0 Å². The standard InChI is InChI=1S/C17H31N5O/c1-20-7-8-22(2)11-14(10-18)16(19)13-3-5-17(6-4-13)9-15(23)21-12-17/h10,13,18,20H,3-9,11-12,19H2,1-2H3,(H,21,23). The fourth-order valence-corrected chi connectivity index (χ4v) is 3.80. The molecule has 1 aliphatic heterocycles. The van der Waals surface area contributed by atoms with Crippen molar-refractivity contribution in [2.24, 2.45) is 17.1 Å². The van der Waals surface area contributed by atoms with Gasteiger partial charge in [-0.2, -0.15) is 0 Å². The van der Waals surface area contributed by atoms with Gasteiger partial charge in [-0.1, -0.05) is 0 Å². The molecule has 1 spiro atoms. The van der Waals surface area contributed by atoms with E-state index in [9.17, 15) is 4.79 Å². The number of hydrogen-bond acceptors (Lipinski definition) is 5. The summed E-state index contributed by atoms with van der Waals surface area (Å²) in [4.78, 5) is 13.7. The van der Waals surface area contributed by atoms with Crippen molar-refractivity contribution in [3.05, 3.63) is 11.3 Å². The summed E-state index contributed by atoms with van der Waals surface area (Å²) < 4.78 is 0. The van der Waals surface area contributed by atoms with Crippen molar-refractivity contribution in [3.63, 3.8) is 0 Å². The van der Waals surface area contributed by atoms with Crippen molar-refractivity contribution >= 4 is 12.1 Å². The monoisotopic (exact) mass is 321 g/mol. The number of nitrogens with one attached hydrogen (secondary N) is 3. The quantitative estimate of drug-likeness (QED) is 0.519. The van der Waals surface area contributed by atoms with Gasteiger partial charge in [0.1, 0.15) is 0 Å². The van der Waals surface area contributed by atoms with Crippen LogP contribution in [0.5, 0.6) is 0 Å². The highest BCUT2D eigenvalue weighted by Crippen LogP contribution is 2.44. The lowest BCUT2D eigenvalue weighted by atomic mass is 9.69. The van der Waals surface area contributed by atoms with Gasteiger partial charge >= 0.3 is 0 Å². The maximum Gasteiger partial charge on any atom is 0.220 e. The van der Waals surface area contributed by atoms with Gasteiger partial charge in [-0.15, -0.1) is 0 Å². The number of nitrogens with two attached hydrogens (primary N) is 1. The highest BCUT2D eigenvalue weighted by molar-refractivity contribution is 5.79. The molecule has 1 heterocycles. The molecule has 0 aromatic carbocycles. The lowest BCUT2D eigenvalue weighted by molar-refractivity contribution is -0.119. The molecular weight excluding hydrogens is 290 g/mol. The molecule has 0 aromatic rings. The molecule has 1 saturated heterocycles. The zero-order valence-electron chi connectivity index (χ0n) is 14.5. The van der Waals surface area contributed by atoms with Crippen LogP contribution < -0.4 is 16.4 Å². The zero-order chi connectivity index (χ0) is 16.9. The zero-order valence-corrected chi connectivity index (χ0v) is 14.5. The second kappa shape index (κ2) is 7.93. The van der Waals surface area contributed by atoms with Crippen molar-refractivity contribution in [2.45, 2.75) is 32.1 Å². The summed E-state index contributed by atoms with van der Waals surface area (Å²) in [6, 6.07) is 0. The van der Waals surface area contributed by atoms with E-state index in [2.05, 4.69) is 22.6 Å². The summed E-state index contributed by atoms with van der Waals surface area (Å²) in [5.74, 6) is 0.545. The molecule has 130 valence electrons. The fourth-order valence-electron chi connectivity index (χ4n) is 3.80. The van der Waals surface area contributed by atoms with Crippen molar-refractivity contribution in [2.75, 3.05) is 40.3 Å². The van der Waals surface area contributed by atoms with Gasteiger partial charge in [0.05, 0.1) is 0 Å². The predicted molar refractivity (Wildman–Crippen MR) is 93.4 cm³/mol. The normalized spacial score (nSPS) is 28.8. The first-order chi connectivity index (χ1) is 11.0. The Balaban J connectivity index is 1.94. The van der Waals surface area contributed by atoms with E-state index in [1.807, 2.05) is 7.05 Å². The average molecular weight is 321 g/mol. The minimum absolute atomic E-state index is 0.169. The molecule has 2 fully saturated rings. The third kappa shape index (κ3) is 4.54. The highest BCUT2D eigenvalue weighted by Gasteiger charge is 2.41. The van der Waals surface area contributed by atoms with E-state index in [0.717, 1.165) is 63.1 Å². The van der Waals surface area contributed by atoms with Gasteiger partial charge < -0.3 is 26.7 Å². The molecule has 23 heavy (non-hydrogen) atoms.